The number of ether oxygens (including phenoxy) is 1. The predicted octanol–water partition coefficient (Wildman–Crippen LogP) is 5.72. The molecule has 0 saturated carbocycles. The van der Waals surface area contributed by atoms with E-state index in [1.165, 1.54) is 16.0 Å². The Morgan fingerprint density at radius 3 is 2.70 bits per heavy atom. The van der Waals surface area contributed by atoms with Gasteiger partial charge in [-0.3, -0.25) is 0 Å². The van der Waals surface area contributed by atoms with Crippen LogP contribution in [0, 0.1) is 0 Å². The minimum atomic E-state index is -0.192. The summed E-state index contributed by atoms with van der Waals surface area (Å²) in [6.45, 7) is 2.13. The van der Waals surface area contributed by atoms with E-state index in [9.17, 15) is 0 Å². The van der Waals surface area contributed by atoms with Gasteiger partial charge in [-0.1, -0.05) is 60.7 Å². The van der Waals surface area contributed by atoms with E-state index in [1.54, 1.807) is 11.3 Å². The van der Waals surface area contributed by atoms with Crippen LogP contribution in [0.1, 0.15) is 35.4 Å². The summed E-state index contributed by atoms with van der Waals surface area (Å²) in [5, 5.41) is 9.24. The van der Waals surface area contributed by atoms with Crippen molar-refractivity contribution in [2.45, 2.75) is 25.6 Å². The van der Waals surface area contributed by atoms with E-state index in [-0.39, 0.29) is 12.3 Å². The second kappa shape index (κ2) is 6.71. The third kappa shape index (κ3) is 2.96. The van der Waals surface area contributed by atoms with Crippen LogP contribution < -0.4 is 4.74 Å². The average molecular weight is 372 g/mol. The Labute approximate surface area is 163 Å². The number of hydrogen-bond acceptors (Lipinski definition) is 4. The summed E-state index contributed by atoms with van der Waals surface area (Å²) in [5.41, 5.74) is 4.69. The zero-order chi connectivity index (χ0) is 18.2. The molecule has 4 heteroatoms. The average Bonchev–Trinajstić information content (AvgIpc) is 3.38. The van der Waals surface area contributed by atoms with E-state index >= 15 is 0 Å². The first kappa shape index (κ1) is 16.3. The monoisotopic (exact) mass is 372 g/mol. The van der Waals surface area contributed by atoms with Crippen LogP contribution in [-0.2, 0) is 0 Å². The van der Waals surface area contributed by atoms with Crippen molar-refractivity contribution in [3.63, 3.8) is 0 Å². The molecule has 5 rings (SSSR count). The van der Waals surface area contributed by atoms with Crippen LogP contribution in [-0.4, -0.2) is 16.9 Å². The van der Waals surface area contributed by atoms with Crippen molar-refractivity contribution in [1.29, 1.82) is 0 Å². The van der Waals surface area contributed by atoms with Crippen LogP contribution in [0.25, 0.3) is 6.08 Å². The Kier molecular flexibility index (Phi) is 4.06. The Morgan fingerprint density at radius 2 is 1.89 bits per heavy atom. The molecule has 2 aliphatic rings. The third-order valence-electron chi connectivity index (χ3n) is 5.09. The molecule has 3 nitrogen and oxygen atoms in total. The molecule has 2 atom stereocenters. The van der Waals surface area contributed by atoms with Crippen molar-refractivity contribution in [2.24, 2.45) is 5.10 Å². The van der Waals surface area contributed by atoms with Gasteiger partial charge in [0, 0.05) is 12.0 Å². The SMILES string of the molecule is CC(=Cc1ccccc1)C1Oc2ccccc2C2CC(c3cccs3)=NN12. The molecular formula is C23H20N2OS. The molecule has 3 heterocycles. The molecule has 0 N–H and O–H groups in total. The molecule has 0 amide bonds. The minimum Gasteiger partial charge on any atom is -0.465 e. The lowest BCUT2D eigenvalue weighted by molar-refractivity contribution is 0.00965. The zero-order valence-corrected chi connectivity index (χ0v) is 15.9. The number of thiophene rings is 1. The zero-order valence-electron chi connectivity index (χ0n) is 15.1. The van der Waals surface area contributed by atoms with E-state index in [2.05, 4.69) is 78.0 Å². The van der Waals surface area contributed by atoms with Crippen molar-refractivity contribution >= 4 is 23.1 Å². The number of hydrazone groups is 1. The smallest absolute Gasteiger partial charge is 0.209 e. The lowest BCUT2D eigenvalue weighted by Crippen LogP contribution is -2.41. The molecule has 0 bridgehead atoms. The largest absolute Gasteiger partial charge is 0.465 e. The Bertz CT molecular complexity index is 1010. The summed E-state index contributed by atoms with van der Waals surface area (Å²) in [6, 6.07) is 23.2. The highest BCUT2D eigenvalue weighted by molar-refractivity contribution is 7.12. The fourth-order valence-electron chi connectivity index (χ4n) is 3.81. The van der Waals surface area contributed by atoms with Crippen molar-refractivity contribution in [1.82, 2.24) is 5.01 Å². The molecule has 1 aromatic heterocycles. The van der Waals surface area contributed by atoms with E-state index in [1.807, 2.05) is 12.1 Å². The van der Waals surface area contributed by atoms with E-state index in [4.69, 9.17) is 9.84 Å². The van der Waals surface area contributed by atoms with Gasteiger partial charge >= 0.3 is 0 Å². The summed E-state index contributed by atoms with van der Waals surface area (Å²) < 4.78 is 6.40. The summed E-state index contributed by atoms with van der Waals surface area (Å²) in [5.74, 6) is 0.965. The van der Waals surface area contributed by atoms with Crippen LogP contribution >= 0.6 is 11.3 Å². The first-order chi connectivity index (χ1) is 13.3. The molecule has 27 heavy (non-hydrogen) atoms. The topological polar surface area (TPSA) is 24.8 Å². The molecule has 0 aliphatic carbocycles. The summed E-state index contributed by atoms with van der Waals surface area (Å²) in [4.78, 5) is 1.24. The molecule has 0 radical (unpaired) electrons. The lowest BCUT2D eigenvalue weighted by Gasteiger charge is -2.38. The van der Waals surface area contributed by atoms with Crippen molar-refractivity contribution in [2.75, 3.05) is 0 Å². The highest BCUT2D eigenvalue weighted by Crippen LogP contribution is 2.44. The maximum absolute atomic E-state index is 6.40. The van der Waals surface area contributed by atoms with E-state index < -0.39 is 0 Å². The second-order valence-electron chi connectivity index (χ2n) is 6.93. The molecule has 3 aromatic rings. The van der Waals surface area contributed by atoms with Crippen LogP contribution in [0.5, 0.6) is 5.75 Å². The number of nitrogens with zero attached hydrogens (tertiary/aromatic N) is 2. The number of para-hydroxylation sites is 1. The Balaban J connectivity index is 1.56. The molecule has 0 saturated heterocycles. The maximum Gasteiger partial charge on any atom is 0.209 e. The first-order valence-corrected chi connectivity index (χ1v) is 10.1. The highest BCUT2D eigenvalue weighted by atomic mass is 32.1. The van der Waals surface area contributed by atoms with E-state index in [0.29, 0.717) is 0 Å². The van der Waals surface area contributed by atoms with Gasteiger partial charge in [0.05, 0.1) is 16.6 Å². The molecular weight excluding hydrogens is 352 g/mol. The van der Waals surface area contributed by atoms with Crippen LogP contribution in [0.3, 0.4) is 0 Å². The predicted molar refractivity (Wildman–Crippen MR) is 111 cm³/mol. The molecule has 0 fully saturated rings. The molecule has 134 valence electrons. The van der Waals surface area contributed by atoms with Gasteiger partial charge in [0.25, 0.3) is 0 Å². The number of fused-ring (bicyclic) bond motifs is 3. The van der Waals surface area contributed by atoms with Crippen molar-refractivity contribution in [3.05, 3.63) is 93.7 Å². The number of hydrogen-bond donors (Lipinski definition) is 0. The van der Waals surface area contributed by atoms with Crippen LogP contribution in [0.2, 0.25) is 0 Å². The summed E-state index contributed by atoms with van der Waals surface area (Å²) in [6.07, 6.45) is 2.91. The maximum atomic E-state index is 6.40. The van der Waals surface area contributed by atoms with Gasteiger partial charge in [-0.25, -0.2) is 5.01 Å². The molecule has 0 spiro atoms. The fraction of sp³-hybridized carbons (Fsp3) is 0.174. The van der Waals surface area contributed by atoms with Gasteiger partial charge in [0.1, 0.15) is 5.75 Å². The Morgan fingerprint density at radius 1 is 1.07 bits per heavy atom. The quantitative estimate of drug-likeness (QED) is 0.587. The summed E-state index contributed by atoms with van der Waals surface area (Å²) >= 11 is 1.75. The molecule has 2 aromatic carbocycles. The lowest BCUT2D eigenvalue weighted by atomic mass is 9.97. The van der Waals surface area contributed by atoms with Gasteiger partial charge in [-0.05, 0) is 35.6 Å². The molecule has 2 unspecified atom stereocenters. The van der Waals surface area contributed by atoms with Gasteiger partial charge in [-0.2, -0.15) is 5.10 Å². The standard InChI is InChI=1S/C23H20N2OS/c1-16(14-17-8-3-2-4-9-17)23-25-20(18-10-5-6-11-21(18)26-23)15-19(24-25)22-12-7-13-27-22/h2-14,20,23H,15H2,1H3. The highest BCUT2D eigenvalue weighted by Gasteiger charge is 2.40. The van der Waals surface area contributed by atoms with Gasteiger partial charge in [-0.15, -0.1) is 11.3 Å². The van der Waals surface area contributed by atoms with Crippen molar-refractivity contribution < 1.29 is 4.74 Å². The van der Waals surface area contributed by atoms with Crippen molar-refractivity contribution in [3.8, 4) is 5.75 Å². The summed E-state index contributed by atoms with van der Waals surface area (Å²) in [7, 11) is 0. The second-order valence-corrected chi connectivity index (χ2v) is 7.88. The Hall–Kier alpha value is -2.85. The van der Waals surface area contributed by atoms with Gasteiger partial charge in [0.15, 0.2) is 0 Å². The fourth-order valence-corrected chi connectivity index (χ4v) is 4.53. The number of rotatable bonds is 3. The van der Waals surface area contributed by atoms with Gasteiger partial charge in [0.2, 0.25) is 6.23 Å². The molecule has 2 aliphatic heterocycles. The van der Waals surface area contributed by atoms with Gasteiger partial charge < -0.3 is 4.74 Å². The third-order valence-corrected chi connectivity index (χ3v) is 6.01. The van der Waals surface area contributed by atoms with Crippen LogP contribution in [0.4, 0.5) is 0 Å². The van der Waals surface area contributed by atoms with E-state index in [0.717, 1.165) is 23.5 Å². The minimum absolute atomic E-state index is 0.192. The van der Waals surface area contributed by atoms with Crippen LogP contribution in [0.15, 0.2) is 82.8 Å². The number of benzene rings is 2. The normalized spacial score (nSPS) is 21.3. The first-order valence-electron chi connectivity index (χ1n) is 9.18.